The number of carbonyl (C=O) groups excluding carboxylic acids is 2. The van der Waals surface area contributed by atoms with Crippen LogP contribution in [0.1, 0.15) is 27.0 Å². The smallest absolute Gasteiger partial charge is 0.244 e. The van der Waals surface area contributed by atoms with E-state index in [1.165, 1.54) is 6.20 Å². The number of rotatable bonds is 5. The monoisotopic (exact) mass is 444 g/mol. The molecule has 0 radical (unpaired) electrons. The Morgan fingerprint density at radius 3 is 2.38 bits per heavy atom. The van der Waals surface area contributed by atoms with Gasteiger partial charge in [-0.3, -0.25) is 14.4 Å². The second-order valence-electron chi connectivity index (χ2n) is 7.77. The summed E-state index contributed by atoms with van der Waals surface area (Å²) in [6.45, 7) is 3.74. The standard InChI is InChI=1S/C26H21ClN2O3/c1-16-6-9-18(10-7-16)25(31)22-14-29(23-11-8-17(2)12-21(23)26(22)32)15-24(30)28-20-5-3-4-19(27)13-20/h3-14H,15H2,1-2H3,(H,28,30). The van der Waals surface area contributed by atoms with Crippen LogP contribution in [0.25, 0.3) is 10.9 Å². The third-order valence-electron chi connectivity index (χ3n) is 5.22. The van der Waals surface area contributed by atoms with Crippen molar-refractivity contribution in [1.29, 1.82) is 0 Å². The first-order valence-corrected chi connectivity index (χ1v) is 10.5. The number of pyridine rings is 1. The lowest BCUT2D eigenvalue weighted by molar-refractivity contribution is -0.116. The van der Waals surface area contributed by atoms with Crippen LogP contribution in [0.2, 0.25) is 5.02 Å². The molecule has 5 nitrogen and oxygen atoms in total. The Bertz CT molecular complexity index is 1410. The van der Waals surface area contributed by atoms with Gasteiger partial charge in [0.1, 0.15) is 6.54 Å². The maximum Gasteiger partial charge on any atom is 0.244 e. The number of amides is 1. The average Bonchev–Trinajstić information content (AvgIpc) is 2.76. The number of ketones is 1. The Balaban J connectivity index is 1.76. The van der Waals surface area contributed by atoms with E-state index in [-0.39, 0.29) is 29.2 Å². The van der Waals surface area contributed by atoms with Gasteiger partial charge < -0.3 is 9.88 Å². The van der Waals surface area contributed by atoms with Gasteiger partial charge in [-0.05, 0) is 44.2 Å². The Labute approximate surface area is 190 Å². The van der Waals surface area contributed by atoms with E-state index < -0.39 is 0 Å². The van der Waals surface area contributed by atoms with Gasteiger partial charge in [0.15, 0.2) is 5.78 Å². The van der Waals surface area contributed by atoms with Crippen LogP contribution in [-0.2, 0) is 11.3 Å². The number of nitrogens with zero attached hydrogens (tertiary/aromatic N) is 1. The zero-order valence-electron chi connectivity index (χ0n) is 17.7. The molecule has 0 aliphatic carbocycles. The Hall–Kier alpha value is -3.70. The molecule has 0 fully saturated rings. The maximum atomic E-state index is 13.2. The molecule has 160 valence electrons. The Morgan fingerprint density at radius 1 is 0.938 bits per heavy atom. The number of halogens is 1. The van der Waals surface area contributed by atoms with Gasteiger partial charge in [-0.15, -0.1) is 0 Å². The van der Waals surface area contributed by atoms with Crippen LogP contribution in [0.4, 0.5) is 5.69 Å². The highest BCUT2D eigenvalue weighted by atomic mass is 35.5. The number of fused-ring (bicyclic) bond motifs is 1. The molecule has 0 saturated carbocycles. The van der Waals surface area contributed by atoms with E-state index in [0.717, 1.165) is 11.1 Å². The topological polar surface area (TPSA) is 68.2 Å². The van der Waals surface area contributed by atoms with Crippen LogP contribution < -0.4 is 10.7 Å². The molecular weight excluding hydrogens is 424 g/mol. The van der Waals surface area contributed by atoms with Crippen molar-refractivity contribution < 1.29 is 9.59 Å². The van der Waals surface area contributed by atoms with Crippen LogP contribution >= 0.6 is 11.6 Å². The summed E-state index contributed by atoms with van der Waals surface area (Å²) in [7, 11) is 0. The molecule has 0 unspecified atom stereocenters. The van der Waals surface area contributed by atoms with E-state index in [2.05, 4.69) is 5.32 Å². The molecule has 4 aromatic rings. The van der Waals surface area contributed by atoms with Crippen molar-refractivity contribution in [2.75, 3.05) is 5.32 Å². The first kappa shape index (κ1) is 21.5. The lowest BCUT2D eigenvalue weighted by Gasteiger charge is -2.14. The van der Waals surface area contributed by atoms with E-state index in [1.807, 2.05) is 32.0 Å². The summed E-state index contributed by atoms with van der Waals surface area (Å²) >= 11 is 5.99. The second-order valence-corrected chi connectivity index (χ2v) is 8.21. The fraction of sp³-hybridized carbons (Fsp3) is 0.115. The lowest BCUT2D eigenvalue weighted by Crippen LogP contribution is -2.24. The van der Waals surface area contributed by atoms with Crippen molar-refractivity contribution in [1.82, 2.24) is 4.57 Å². The number of hydrogen-bond acceptors (Lipinski definition) is 3. The zero-order chi connectivity index (χ0) is 22.8. The van der Waals surface area contributed by atoms with Gasteiger partial charge in [-0.1, -0.05) is 59.1 Å². The van der Waals surface area contributed by atoms with Crippen LogP contribution in [0, 0.1) is 13.8 Å². The SMILES string of the molecule is Cc1ccc(C(=O)c2cn(CC(=O)Nc3cccc(Cl)c3)c3ccc(C)cc3c2=O)cc1. The molecule has 1 aromatic heterocycles. The molecule has 1 N–H and O–H groups in total. The first-order chi connectivity index (χ1) is 15.3. The number of benzene rings is 3. The summed E-state index contributed by atoms with van der Waals surface area (Å²) in [5.74, 6) is -0.672. The zero-order valence-corrected chi connectivity index (χ0v) is 18.4. The molecule has 1 heterocycles. The fourth-order valence-electron chi connectivity index (χ4n) is 3.59. The molecule has 0 aliphatic heterocycles. The number of anilines is 1. The van der Waals surface area contributed by atoms with Crippen LogP contribution in [-0.4, -0.2) is 16.3 Å². The molecular formula is C26H21ClN2O3. The van der Waals surface area contributed by atoms with E-state index in [0.29, 0.717) is 27.2 Å². The predicted octanol–water partition coefficient (Wildman–Crippen LogP) is 5.14. The minimum absolute atomic E-state index is 0.0301. The average molecular weight is 445 g/mol. The quantitative estimate of drug-likeness (QED) is 0.433. The lowest BCUT2D eigenvalue weighted by atomic mass is 10.0. The molecule has 4 rings (SSSR count). The molecule has 0 saturated heterocycles. The minimum atomic E-state index is -0.373. The van der Waals surface area contributed by atoms with Gasteiger partial charge in [0.2, 0.25) is 11.3 Å². The van der Waals surface area contributed by atoms with Crippen molar-refractivity contribution in [2.24, 2.45) is 0 Å². The van der Waals surface area contributed by atoms with Gasteiger partial charge in [0.25, 0.3) is 0 Å². The van der Waals surface area contributed by atoms with E-state index >= 15 is 0 Å². The first-order valence-electron chi connectivity index (χ1n) is 10.1. The summed E-state index contributed by atoms with van der Waals surface area (Å²) in [5, 5.41) is 3.71. The number of carbonyl (C=O) groups is 2. The summed E-state index contributed by atoms with van der Waals surface area (Å²) in [6, 6.07) is 19.3. The van der Waals surface area contributed by atoms with E-state index in [4.69, 9.17) is 11.6 Å². The highest BCUT2D eigenvalue weighted by molar-refractivity contribution is 6.30. The van der Waals surface area contributed by atoms with Gasteiger partial charge in [0.05, 0.1) is 11.1 Å². The molecule has 6 heteroatoms. The number of aromatic nitrogens is 1. The number of aryl methyl sites for hydroxylation is 2. The predicted molar refractivity (Wildman–Crippen MR) is 128 cm³/mol. The van der Waals surface area contributed by atoms with Gasteiger partial charge >= 0.3 is 0 Å². The minimum Gasteiger partial charge on any atom is -0.337 e. The summed E-state index contributed by atoms with van der Waals surface area (Å²) < 4.78 is 1.64. The fourth-order valence-corrected chi connectivity index (χ4v) is 3.78. The van der Waals surface area contributed by atoms with Crippen molar-refractivity contribution in [2.45, 2.75) is 20.4 Å². The van der Waals surface area contributed by atoms with Gasteiger partial charge in [-0.2, -0.15) is 0 Å². The maximum absolute atomic E-state index is 13.2. The molecule has 3 aromatic carbocycles. The summed E-state index contributed by atoms with van der Waals surface area (Å²) in [6.07, 6.45) is 1.47. The van der Waals surface area contributed by atoms with E-state index in [9.17, 15) is 14.4 Å². The van der Waals surface area contributed by atoms with Crippen LogP contribution in [0.3, 0.4) is 0 Å². The number of nitrogens with one attached hydrogen (secondary N) is 1. The molecule has 0 bridgehead atoms. The molecule has 32 heavy (non-hydrogen) atoms. The van der Waals surface area contributed by atoms with Gasteiger partial charge in [0, 0.05) is 27.9 Å². The largest absolute Gasteiger partial charge is 0.337 e. The van der Waals surface area contributed by atoms with E-state index in [1.54, 1.807) is 53.1 Å². The van der Waals surface area contributed by atoms with Gasteiger partial charge in [-0.25, -0.2) is 0 Å². The van der Waals surface area contributed by atoms with Crippen LogP contribution in [0.15, 0.2) is 77.7 Å². The molecule has 0 spiro atoms. The third kappa shape index (κ3) is 4.48. The summed E-state index contributed by atoms with van der Waals surface area (Å²) in [5.41, 5.74) is 3.18. The second kappa shape index (κ2) is 8.81. The van der Waals surface area contributed by atoms with Crippen molar-refractivity contribution in [3.8, 4) is 0 Å². The Kier molecular flexibility index (Phi) is 5.93. The third-order valence-corrected chi connectivity index (χ3v) is 5.45. The van der Waals surface area contributed by atoms with Crippen molar-refractivity contribution in [3.05, 3.63) is 110 Å². The highest BCUT2D eigenvalue weighted by Crippen LogP contribution is 2.18. The molecule has 0 atom stereocenters. The van der Waals surface area contributed by atoms with Crippen molar-refractivity contribution in [3.63, 3.8) is 0 Å². The normalized spacial score (nSPS) is 10.8. The molecule has 1 amide bonds. The highest BCUT2D eigenvalue weighted by Gasteiger charge is 2.18. The number of hydrogen-bond donors (Lipinski definition) is 1. The Morgan fingerprint density at radius 2 is 1.66 bits per heavy atom. The van der Waals surface area contributed by atoms with Crippen molar-refractivity contribution >= 4 is 39.9 Å². The van der Waals surface area contributed by atoms with Crippen LogP contribution in [0.5, 0.6) is 0 Å². The summed E-state index contributed by atoms with van der Waals surface area (Å²) in [4.78, 5) is 39.1. The molecule has 0 aliphatic rings.